The van der Waals surface area contributed by atoms with Gasteiger partial charge in [0, 0.05) is 38.0 Å². The number of aliphatic hydroxyl groups excluding tert-OH is 1. The standard InChI is InChI=1S/C59H106N10O11/c1-19-22-23-24-25-26-29-40(8)51(76)69-33-28-32-43(69)47(72)62-46(39(7)30-27-31-42(71)21-3)50(75)65-59(16,17)55(80)67-57(12,13)53(78)63-45(38(6)20-2)48(73)61-44(37(4)5)49(74)64-58(14,15)54(79)66-56(10,11)52(77)60-41(9)36-68(18)34-35-70/h27,31,37-41,43-46,70H,19-26,28-30,32-36H2,1-18H3,(H,60,77)(H,61,73)(H,62,72)(H,63,78)(H,64,74)(H,65,75)(H,66,79)(H,67,80)/b31-27+/t38-,39+,40+,41-,43-,44-,45-,46-/m0/s1. The van der Waals surface area contributed by atoms with Crippen LogP contribution in [-0.4, -0.2) is 160 Å². The van der Waals surface area contributed by atoms with Crippen LogP contribution in [0, 0.1) is 23.7 Å². The average molecular weight is 1130 g/mol. The smallest absolute Gasteiger partial charge is 0.246 e. The topological polar surface area (TPSA) is 294 Å². The molecule has 0 bridgehead atoms. The summed E-state index contributed by atoms with van der Waals surface area (Å²) in [5.74, 6) is -7.27. The number of nitrogens with zero attached hydrogens (tertiary/aromatic N) is 2. The van der Waals surface area contributed by atoms with Gasteiger partial charge in [0.1, 0.15) is 46.3 Å². The fourth-order valence-electron chi connectivity index (χ4n) is 9.18. The summed E-state index contributed by atoms with van der Waals surface area (Å²) in [5.41, 5.74) is -6.32. The second-order valence-corrected chi connectivity index (χ2v) is 24.9. The van der Waals surface area contributed by atoms with Crippen LogP contribution in [0.25, 0.3) is 0 Å². The van der Waals surface area contributed by atoms with E-state index in [-0.39, 0.29) is 43.1 Å². The van der Waals surface area contributed by atoms with E-state index in [4.69, 9.17) is 0 Å². The molecule has 9 N–H and O–H groups in total. The lowest BCUT2D eigenvalue weighted by molar-refractivity contribution is -0.143. The van der Waals surface area contributed by atoms with Crippen molar-refractivity contribution < 1.29 is 53.1 Å². The second kappa shape index (κ2) is 33.5. The first-order chi connectivity index (χ1) is 37.0. The van der Waals surface area contributed by atoms with Crippen molar-refractivity contribution in [3.63, 3.8) is 0 Å². The van der Waals surface area contributed by atoms with E-state index in [2.05, 4.69) is 49.5 Å². The van der Waals surface area contributed by atoms with E-state index in [1.54, 1.807) is 59.6 Å². The van der Waals surface area contributed by atoms with Gasteiger partial charge in [-0.05, 0) is 119 Å². The summed E-state index contributed by atoms with van der Waals surface area (Å²) < 4.78 is 0. The molecule has 0 aliphatic carbocycles. The number of carbonyl (C=O) groups excluding carboxylic acids is 10. The second-order valence-electron chi connectivity index (χ2n) is 24.9. The molecule has 1 heterocycles. The highest BCUT2D eigenvalue weighted by Gasteiger charge is 2.44. The summed E-state index contributed by atoms with van der Waals surface area (Å²) >= 11 is 0. The third-order valence-corrected chi connectivity index (χ3v) is 15.0. The third kappa shape index (κ3) is 23.6. The van der Waals surface area contributed by atoms with Crippen LogP contribution in [0.1, 0.15) is 195 Å². The monoisotopic (exact) mass is 1130 g/mol. The molecule has 1 fully saturated rings. The van der Waals surface area contributed by atoms with E-state index in [0.717, 1.165) is 25.7 Å². The number of amides is 9. The molecule has 21 heteroatoms. The Balaban J connectivity index is 3.26. The van der Waals surface area contributed by atoms with Gasteiger partial charge in [-0.3, -0.25) is 47.9 Å². The molecule has 0 radical (unpaired) electrons. The van der Waals surface area contributed by atoms with Crippen molar-refractivity contribution in [2.24, 2.45) is 23.7 Å². The zero-order chi connectivity index (χ0) is 61.5. The van der Waals surface area contributed by atoms with Crippen LogP contribution in [0.2, 0.25) is 0 Å². The summed E-state index contributed by atoms with van der Waals surface area (Å²) in [7, 11) is 1.81. The molecule has 1 saturated heterocycles. The Morgan fingerprint density at radius 1 is 0.613 bits per heavy atom. The van der Waals surface area contributed by atoms with Crippen LogP contribution in [0.15, 0.2) is 12.2 Å². The summed E-state index contributed by atoms with van der Waals surface area (Å²) in [5, 5.41) is 31.4. The lowest BCUT2D eigenvalue weighted by atomic mass is 9.93. The lowest BCUT2D eigenvalue weighted by Gasteiger charge is -2.36. The molecule has 1 aliphatic heterocycles. The van der Waals surface area contributed by atoms with Gasteiger partial charge in [0.15, 0.2) is 5.78 Å². The van der Waals surface area contributed by atoms with Crippen LogP contribution in [-0.2, 0) is 47.9 Å². The van der Waals surface area contributed by atoms with Gasteiger partial charge < -0.3 is 57.4 Å². The fraction of sp³-hybridized carbons (Fsp3) is 0.797. The maximum atomic E-state index is 14.3. The first-order valence-electron chi connectivity index (χ1n) is 29.3. The van der Waals surface area contributed by atoms with Gasteiger partial charge in [-0.1, -0.05) is 106 Å². The van der Waals surface area contributed by atoms with E-state index < -0.39 is 111 Å². The molecule has 1 rings (SSSR count). The minimum atomic E-state index is -1.68. The number of nitrogens with one attached hydrogen (secondary N) is 8. The summed E-state index contributed by atoms with van der Waals surface area (Å²) in [6.07, 6.45) is 12.3. The highest BCUT2D eigenvalue weighted by Crippen LogP contribution is 2.24. The Labute approximate surface area is 479 Å². The summed E-state index contributed by atoms with van der Waals surface area (Å²) in [6.45, 7) is 29.3. The van der Waals surface area contributed by atoms with Gasteiger partial charge in [-0.15, -0.1) is 0 Å². The Morgan fingerprint density at radius 2 is 1.11 bits per heavy atom. The molecular weight excluding hydrogens is 1020 g/mol. The number of allylic oxidation sites excluding steroid dienone is 2. The van der Waals surface area contributed by atoms with Gasteiger partial charge in [-0.2, -0.15) is 0 Å². The molecule has 0 aromatic carbocycles. The molecule has 9 amide bonds. The van der Waals surface area contributed by atoms with Crippen LogP contribution >= 0.6 is 0 Å². The molecule has 0 aromatic heterocycles. The highest BCUT2D eigenvalue weighted by molar-refractivity contribution is 6.01. The van der Waals surface area contributed by atoms with E-state index >= 15 is 0 Å². The van der Waals surface area contributed by atoms with E-state index in [1.807, 2.05) is 18.7 Å². The third-order valence-electron chi connectivity index (χ3n) is 15.0. The van der Waals surface area contributed by atoms with E-state index in [0.29, 0.717) is 45.3 Å². The van der Waals surface area contributed by atoms with Gasteiger partial charge in [0.25, 0.3) is 0 Å². The van der Waals surface area contributed by atoms with Crippen molar-refractivity contribution in [2.75, 3.05) is 33.3 Å². The number of ketones is 1. The zero-order valence-corrected chi connectivity index (χ0v) is 52.1. The molecule has 0 saturated carbocycles. The first kappa shape index (κ1) is 72.6. The quantitative estimate of drug-likeness (QED) is 0.0317. The Hall–Kier alpha value is -5.44. The largest absolute Gasteiger partial charge is 0.395 e. The van der Waals surface area contributed by atoms with E-state index in [9.17, 15) is 53.1 Å². The predicted octanol–water partition coefficient (Wildman–Crippen LogP) is 4.09. The van der Waals surface area contributed by atoms with Crippen LogP contribution < -0.4 is 42.5 Å². The molecule has 1 aliphatic rings. The minimum absolute atomic E-state index is 0.0382. The molecule has 21 nitrogen and oxygen atoms in total. The number of hydrogen-bond donors (Lipinski definition) is 9. The first-order valence-corrected chi connectivity index (χ1v) is 29.3. The number of aliphatic hydroxyl groups is 1. The normalized spacial score (nSPS) is 16.9. The number of carbonyl (C=O) groups is 10. The van der Waals surface area contributed by atoms with Gasteiger partial charge >= 0.3 is 0 Å². The molecular formula is C59H106N10O11. The SMILES string of the molecule is CCCCCCCC[C@@H](C)C(=O)N1CCC[C@H]1C(=O)N[C@H](C(=O)NC(C)(C)C(=O)NC(C)(C)C(=O)N[C@H](C(=O)N[C@H](C(=O)NC(C)(C)C(=O)NC(C)(C)C(=O)N[C@@H](C)CN(C)CCO)C(C)C)[C@@H](C)CC)[C@H](C)C/C=C/C(=O)CC. The predicted molar refractivity (Wildman–Crippen MR) is 311 cm³/mol. The number of unbranched alkanes of at least 4 members (excludes halogenated alkanes) is 5. The zero-order valence-electron chi connectivity index (χ0n) is 52.1. The van der Waals surface area contributed by atoms with Crippen molar-refractivity contribution in [1.29, 1.82) is 0 Å². The van der Waals surface area contributed by atoms with Gasteiger partial charge in [0.2, 0.25) is 53.2 Å². The van der Waals surface area contributed by atoms with Crippen LogP contribution in [0.5, 0.6) is 0 Å². The lowest BCUT2D eigenvalue weighted by Crippen LogP contribution is -2.67. The molecule has 0 spiro atoms. The fourth-order valence-corrected chi connectivity index (χ4v) is 9.18. The van der Waals surface area contributed by atoms with Crippen molar-refractivity contribution in [3.8, 4) is 0 Å². The van der Waals surface area contributed by atoms with Crippen LogP contribution in [0.4, 0.5) is 0 Å². The maximum absolute atomic E-state index is 14.3. The number of hydrogen-bond acceptors (Lipinski definition) is 12. The Kier molecular flexibility index (Phi) is 30.4. The van der Waals surface area contributed by atoms with Gasteiger partial charge in [-0.25, -0.2) is 0 Å². The number of likely N-dealkylation sites (tertiary alicyclic amines) is 1. The molecule has 458 valence electrons. The average Bonchev–Trinajstić information content (AvgIpc) is 3.86. The summed E-state index contributed by atoms with van der Waals surface area (Å²) in [4.78, 5) is 141. The van der Waals surface area contributed by atoms with E-state index in [1.165, 1.54) is 74.3 Å². The summed E-state index contributed by atoms with van der Waals surface area (Å²) in [6, 6.07) is -4.68. The van der Waals surface area contributed by atoms with Crippen molar-refractivity contribution in [2.45, 2.75) is 247 Å². The number of rotatable bonds is 36. The molecule has 0 aromatic rings. The molecule has 0 unspecified atom stereocenters. The van der Waals surface area contributed by atoms with Crippen LogP contribution in [0.3, 0.4) is 0 Å². The Morgan fingerprint density at radius 3 is 1.62 bits per heavy atom. The highest BCUT2D eigenvalue weighted by atomic mass is 16.3. The van der Waals surface area contributed by atoms with Crippen molar-refractivity contribution in [3.05, 3.63) is 12.2 Å². The number of likely N-dealkylation sites (N-methyl/N-ethyl adjacent to an activating group) is 1. The van der Waals surface area contributed by atoms with Crippen molar-refractivity contribution >= 4 is 58.9 Å². The minimum Gasteiger partial charge on any atom is -0.395 e. The van der Waals surface area contributed by atoms with Gasteiger partial charge in [0.05, 0.1) is 6.61 Å². The molecule has 8 atom stereocenters. The maximum Gasteiger partial charge on any atom is 0.246 e. The van der Waals surface area contributed by atoms with Crippen molar-refractivity contribution in [1.82, 2.24) is 52.3 Å². The molecule has 80 heavy (non-hydrogen) atoms. The Bertz CT molecular complexity index is 2120.